The molecule has 116 valence electrons. The van der Waals surface area contributed by atoms with Crippen LogP contribution in [0.15, 0.2) is 30.3 Å². The van der Waals surface area contributed by atoms with Gasteiger partial charge in [-0.05, 0) is 51.0 Å². The highest BCUT2D eigenvalue weighted by Crippen LogP contribution is 2.39. The Morgan fingerprint density at radius 3 is 2.55 bits per heavy atom. The van der Waals surface area contributed by atoms with Gasteiger partial charge in [-0.15, -0.1) is 0 Å². The number of hydrogen-bond donors (Lipinski definition) is 2. The quantitative estimate of drug-likeness (QED) is 0.859. The largest absolute Gasteiger partial charge is 0.372 e. The molecule has 22 heavy (non-hydrogen) atoms. The van der Waals surface area contributed by atoms with E-state index in [9.17, 15) is 4.79 Å². The van der Waals surface area contributed by atoms with Crippen LogP contribution in [-0.4, -0.2) is 29.2 Å². The van der Waals surface area contributed by atoms with Crippen molar-refractivity contribution in [2.45, 2.75) is 32.6 Å². The van der Waals surface area contributed by atoms with Crippen LogP contribution in [0, 0.1) is 0 Å². The Balaban J connectivity index is 1.66. The number of carbonyl (C=O) groups excluding carboxylic acids is 1. The van der Waals surface area contributed by atoms with Crippen LogP contribution in [0.3, 0.4) is 0 Å². The SMILES string of the molecule is CCN(CC)c1ccc(C(=O)Nc2cc(C3CC3)[nH]n2)cc1. The Morgan fingerprint density at radius 1 is 1.27 bits per heavy atom. The van der Waals surface area contributed by atoms with Crippen molar-refractivity contribution in [2.24, 2.45) is 0 Å². The number of aromatic nitrogens is 2. The molecule has 1 amide bonds. The monoisotopic (exact) mass is 298 g/mol. The van der Waals surface area contributed by atoms with E-state index >= 15 is 0 Å². The summed E-state index contributed by atoms with van der Waals surface area (Å²) in [5.41, 5.74) is 2.90. The van der Waals surface area contributed by atoms with E-state index in [-0.39, 0.29) is 5.91 Å². The molecule has 0 spiro atoms. The summed E-state index contributed by atoms with van der Waals surface area (Å²) in [6, 6.07) is 9.62. The number of nitrogens with zero attached hydrogens (tertiary/aromatic N) is 2. The molecule has 2 N–H and O–H groups in total. The lowest BCUT2D eigenvalue weighted by atomic mass is 10.2. The molecule has 1 aromatic heterocycles. The van der Waals surface area contributed by atoms with E-state index in [1.165, 1.54) is 12.8 Å². The first-order chi connectivity index (χ1) is 10.7. The Bertz CT molecular complexity index is 639. The minimum Gasteiger partial charge on any atom is -0.372 e. The van der Waals surface area contributed by atoms with Gasteiger partial charge in [-0.1, -0.05) is 0 Å². The van der Waals surface area contributed by atoms with Crippen molar-refractivity contribution >= 4 is 17.4 Å². The number of benzene rings is 1. The lowest BCUT2D eigenvalue weighted by Crippen LogP contribution is -2.21. The van der Waals surface area contributed by atoms with E-state index in [1.807, 2.05) is 30.3 Å². The third-order valence-corrected chi connectivity index (χ3v) is 4.11. The number of H-pyrrole nitrogens is 1. The smallest absolute Gasteiger partial charge is 0.256 e. The zero-order valence-electron chi connectivity index (χ0n) is 13.1. The summed E-state index contributed by atoms with van der Waals surface area (Å²) >= 11 is 0. The van der Waals surface area contributed by atoms with E-state index in [2.05, 4.69) is 34.3 Å². The summed E-state index contributed by atoms with van der Waals surface area (Å²) in [5.74, 6) is 1.08. The van der Waals surface area contributed by atoms with Gasteiger partial charge in [0.2, 0.25) is 0 Å². The lowest BCUT2D eigenvalue weighted by Gasteiger charge is -2.20. The summed E-state index contributed by atoms with van der Waals surface area (Å²) in [6.45, 7) is 6.16. The highest BCUT2D eigenvalue weighted by Gasteiger charge is 2.25. The first kappa shape index (κ1) is 14.6. The average Bonchev–Trinajstić information content (AvgIpc) is 3.29. The number of hydrogen-bond acceptors (Lipinski definition) is 3. The minimum absolute atomic E-state index is 0.125. The van der Waals surface area contributed by atoms with Crippen LogP contribution in [-0.2, 0) is 0 Å². The second-order valence-corrected chi connectivity index (χ2v) is 5.66. The second-order valence-electron chi connectivity index (χ2n) is 5.66. The lowest BCUT2D eigenvalue weighted by molar-refractivity contribution is 0.102. The molecule has 0 bridgehead atoms. The number of carbonyl (C=O) groups is 1. The Morgan fingerprint density at radius 2 is 1.95 bits per heavy atom. The van der Waals surface area contributed by atoms with Gasteiger partial charge in [-0.3, -0.25) is 9.89 Å². The van der Waals surface area contributed by atoms with Crippen LogP contribution in [0.1, 0.15) is 48.7 Å². The van der Waals surface area contributed by atoms with Gasteiger partial charge in [-0.2, -0.15) is 5.10 Å². The fourth-order valence-electron chi connectivity index (χ4n) is 2.60. The average molecular weight is 298 g/mol. The maximum atomic E-state index is 12.3. The number of anilines is 2. The molecule has 1 heterocycles. The maximum absolute atomic E-state index is 12.3. The summed E-state index contributed by atoms with van der Waals surface area (Å²) in [6.07, 6.45) is 2.42. The Labute approximate surface area is 130 Å². The fourth-order valence-corrected chi connectivity index (χ4v) is 2.60. The highest BCUT2D eigenvalue weighted by molar-refractivity contribution is 6.03. The molecular weight excluding hydrogens is 276 g/mol. The van der Waals surface area contributed by atoms with Gasteiger partial charge < -0.3 is 10.2 Å². The number of rotatable bonds is 6. The normalized spacial score (nSPS) is 13.9. The molecule has 1 aliphatic rings. The van der Waals surface area contributed by atoms with E-state index in [4.69, 9.17) is 0 Å². The van der Waals surface area contributed by atoms with Gasteiger partial charge >= 0.3 is 0 Å². The molecule has 1 aliphatic carbocycles. The Kier molecular flexibility index (Phi) is 4.13. The third kappa shape index (κ3) is 3.13. The van der Waals surface area contributed by atoms with Crippen LogP contribution in [0.5, 0.6) is 0 Å². The number of aromatic amines is 1. The van der Waals surface area contributed by atoms with Crippen molar-refractivity contribution in [3.05, 3.63) is 41.6 Å². The summed E-state index contributed by atoms with van der Waals surface area (Å²) < 4.78 is 0. The van der Waals surface area contributed by atoms with E-state index in [0.717, 1.165) is 24.5 Å². The van der Waals surface area contributed by atoms with Gasteiger partial charge in [0.1, 0.15) is 0 Å². The molecule has 2 aromatic rings. The first-order valence-electron chi connectivity index (χ1n) is 7.93. The van der Waals surface area contributed by atoms with Crippen molar-refractivity contribution in [2.75, 3.05) is 23.3 Å². The molecule has 1 fully saturated rings. The molecule has 0 radical (unpaired) electrons. The molecule has 0 atom stereocenters. The molecule has 0 unspecified atom stereocenters. The van der Waals surface area contributed by atoms with E-state index in [1.54, 1.807) is 0 Å². The summed E-state index contributed by atoms with van der Waals surface area (Å²) in [7, 11) is 0. The molecular formula is C17H22N4O. The van der Waals surface area contributed by atoms with Crippen LogP contribution >= 0.6 is 0 Å². The predicted molar refractivity (Wildman–Crippen MR) is 88.5 cm³/mol. The zero-order chi connectivity index (χ0) is 15.5. The molecule has 0 aliphatic heterocycles. The van der Waals surface area contributed by atoms with Crippen LogP contribution in [0.4, 0.5) is 11.5 Å². The van der Waals surface area contributed by atoms with Gasteiger partial charge in [-0.25, -0.2) is 0 Å². The second kappa shape index (κ2) is 6.22. The molecule has 1 aromatic carbocycles. The van der Waals surface area contributed by atoms with Crippen LogP contribution in [0.2, 0.25) is 0 Å². The first-order valence-corrected chi connectivity index (χ1v) is 7.93. The summed E-state index contributed by atoms with van der Waals surface area (Å²) in [5, 5.41) is 9.99. The number of nitrogens with one attached hydrogen (secondary N) is 2. The molecule has 0 saturated heterocycles. The fraction of sp³-hybridized carbons (Fsp3) is 0.412. The van der Waals surface area contributed by atoms with Crippen molar-refractivity contribution in [1.29, 1.82) is 0 Å². The van der Waals surface area contributed by atoms with Gasteiger partial charge in [0.15, 0.2) is 5.82 Å². The minimum atomic E-state index is -0.125. The van der Waals surface area contributed by atoms with Gasteiger partial charge in [0.25, 0.3) is 5.91 Å². The van der Waals surface area contributed by atoms with E-state index in [0.29, 0.717) is 17.3 Å². The predicted octanol–water partition coefficient (Wildman–Crippen LogP) is 3.39. The summed E-state index contributed by atoms with van der Waals surface area (Å²) in [4.78, 5) is 14.5. The maximum Gasteiger partial charge on any atom is 0.256 e. The van der Waals surface area contributed by atoms with Crippen molar-refractivity contribution < 1.29 is 4.79 Å². The Hall–Kier alpha value is -2.30. The van der Waals surface area contributed by atoms with Crippen molar-refractivity contribution in [3.8, 4) is 0 Å². The number of amides is 1. The van der Waals surface area contributed by atoms with Gasteiger partial charge in [0.05, 0.1) is 0 Å². The molecule has 5 nitrogen and oxygen atoms in total. The van der Waals surface area contributed by atoms with Crippen LogP contribution < -0.4 is 10.2 Å². The van der Waals surface area contributed by atoms with Crippen LogP contribution in [0.25, 0.3) is 0 Å². The molecule has 5 heteroatoms. The standard InChI is InChI=1S/C17H22N4O/c1-3-21(4-2)14-9-7-13(8-10-14)17(22)18-16-11-15(19-20-16)12-5-6-12/h7-12H,3-6H2,1-2H3,(H2,18,19,20,22). The highest BCUT2D eigenvalue weighted by atomic mass is 16.1. The zero-order valence-corrected chi connectivity index (χ0v) is 13.1. The van der Waals surface area contributed by atoms with Gasteiger partial charge in [0, 0.05) is 42.0 Å². The molecule has 1 saturated carbocycles. The third-order valence-electron chi connectivity index (χ3n) is 4.11. The van der Waals surface area contributed by atoms with Crippen molar-refractivity contribution in [1.82, 2.24) is 10.2 Å². The van der Waals surface area contributed by atoms with Crippen molar-refractivity contribution in [3.63, 3.8) is 0 Å². The molecule has 3 rings (SSSR count). The van der Waals surface area contributed by atoms with E-state index < -0.39 is 0 Å². The topological polar surface area (TPSA) is 61.0 Å².